The first-order valence-electron chi connectivity index (χ1n) is 8.74. The number of hydrogen-bond donors (Lipinski definition) is 1. The van der Waals surface area contributed by atoms with E-state index in [0.29, 0.717) is 5.41 Å². The van der Waals surface area contributed by atoms with E-state index in [1.807, 2.05) is 0 Å². The van der Waals surface area contributed by atoms with Crippen LogP contribution in [0.15, 0.2) is 11.3 Å². The highest BCUT2D eigenvalue weighted by molar-refractivity contribution is 14.0. The second-order valence-electron chi connectivity index (χ2n) is 6.50. The predicted octanol–water partition coefficient (Wildman–Crippen LogP) is 1.54. The molecule has 2 fully saturated rings. The minimum atomic E-state index is 0. The van der Waals surface area contributed by atoms with Crippen molar-refractivity contribution in [1.29, 1.82) is 0 Å². The maximum Gasteiger partial charge on any atom is 0.193 e. The van der Waals surface area contributed by atoms with Crippen molar-refractivity contribution in [3.8, 4) is 0 Å². The highest BCUT2D eigenvalue weighted by Crippen LogP contribution is 2.38. The van der Waals surface area contributed by atoms with Crippen molar-refractivity contribution in [1.82, 2.24) is 25.0 Å². The van der Waals surface area contributed by atoms with E-state index in [0.717, 1.165) is 64.1 Å². The SMILES string of the molecule is CCNC(=NCCn1cnnc1CC)N1CCC2(CCOC2)C1.I. The third-order valence-corrected chi connectivity index (χ3v) is 4.87. The molecule has 7 nitrogen and oxygen atoms in total. The van der Waals surface area contributed by atoms with Gasteiger partial charge in [0.25, 0.3) is 0 Å². The van der Waals surface area contributed by atoms with E-state index in [4.69, 9.17) is 9.73 Å². The number of halogens is 1. The van der Waals surface area contributed by atoms with Crippen molar-refractivity contribution in [2.24, 2.45) is 10.4 Å². The summed E-state index contributed by atoms with van der Waals surface area (Å²) in [7, 11) is 0. The third kappa shape index (κ3) is 4.38. The molecule has 2 aliphatic rings. The summed E-state index contributed by atoms with van der Waals surface area (Å²) in [6, 6.07) is 0. The molecule has 24 heavy (non-hydrogen) atoms. The Morgan fingerprint density at radius 1 is 1.42 bits per heavy atom. The van der Waals surface area contributed by atoms with Gasteiger partial charge in [-0.1, -0.05) is 6.92 Å². The fourth-order valence-electron chi connectivity index (χ4n) is 3.52. The molecule has 1 N–H and O–H groups in total. The summed E-state index contributed by atoms with van der Waals surface area (Å²) in [5.41, 5.74) is 0.361. The lowest BCUT2D eigenvalue weighted by molar-refractivity contribution is 0.156. The average Bonchev–Trinajstić information content (AvgIpc) is 3.29. The number of aromatic nitrogens is 3. The maximum absolute atomic E-state index is 5.62. The lowest BCUT2D eigenvalue weighted by atomic mass is 9.87. The van der Waals surface area contributed by atoms with Gasteiger partial charge < -0.3 is 19.5 Å². The number of hydrogen-bond acceptors (Lipinski definition) is 4. The zero-order chi connectivity index (χ0) is 16.1. The molecule has 2 aliphatic heterocycles. The predicted molar refractivity (Wildman–Crippen MR) is 105 cm³/mol. The van der Waals surface area contributed by atoms with Crippen LogP contribution in [0.1, 0.15) is 32.5 Å². The number of aryl methyl sites for hydroxylation is 1. The van der Waals surface area contributed by atoms with Crippen LogP contribution in [0.5, 0.6) is 0 Å². The van der Waals surface area contributed by atoms with Gasteiger partial charge in [0.05, 0.1) is 13.2 Å². The van der Waals surface area contributed by atoms with Crippen LogP contribution in [0, 0.1) is 5.41 Å². The van der Waals surface area contributed by atoms with Gasteiger partial charge in [-0.15, -0.1) is 34.2 Å². The number of rotatable bonds is 5. The molecule has 2 saturated heterocycles. The highest BCUT2D eigenvalue weighted by Gasteiger charge is 2.42. The average molecular weight is 448 g/mol. The molecular weight excluding hydrogens is 419 g/mol. The summed E-state index contributed by atoms with van der Waals surface area (Å²) in [5.74, 6) is 2.05. The Labute approximate surface area is 161 Å². The summed E-state index contributed by atoms with van der Waals surface area (Å²) < 4.78 is 7.71. The molecule has 1 aromatic rings. The number of likely N-dealkylation sites (tertiary alicyclic amines) is 1. The number of guanidine groups is 1. The zero-order valence-corrected chi connectivity index (χ0v) is 17.0. The number of nitrogens with one attached hydrogen (secondary N) is 1. The molecule has 3 rings (SSSR count). The van der Waals surface area contributed by atoms with Crippen LogP contribution < -0.4 is 5.32 Å². The van der Waals surface area contributed by atoms with Gasteiger partial charge in [0.2, 0.25) is 0 Å². The van der Waals surface area contributed by atoms with E-state index < -0.39 is 0 Å². The van der Waals surface area contributed by atoms with Gasteiger partial charge in [0, 0.05) is 44.6 Å². The molecule has 1 atom stereocenters. The Balaban J connectivity index is 0.00000208. The summed E-state index contributed by atoms with van der Waals surface area (Å²) in [5, 5.41) is 11.5. The normalized spacial score (nSPS) is 23.8. The molecule has 1 aromatic heterocycles. The summed E-state index contributed by atoms with van der Waals surface area (Å²) >= 11 is 0. The van der Waals surface area contributed by atoms with Gasteiger partial charge in [-0.25, -0.2) is 0 Å². The Kier molecular flexibility index (Phi) is 7.27. The van der Waals surface area contributed by atoms with Crippen LogP contribution in [-0.4, -0.2) is 65.0 Å². The number of aliphatic imine (C=N–C) groups is 1. The minimum Gasteiger partial charge on any atom is -0.381 e. The van der Waals surface area contributed by atoms with Crippen LogP contribution >= 0.6 is 24.0 Å². The van der Waals surface area contributed by atoms with Gasteiger partial charge in [0.15, 0.2) is 5.96 Å². The topological polar surface area (TPSA) is 67.6 Å². The monoisotopic (exact) mass is 448 g/mol. The van der Waals surface area contributed by atoms with Crippen molar-refractivity contribution >= 4 is 29.9 Å². The largest absolute Gasteiger partial charge is 0.381 e. The smallest absolute Gasteiger partial charge is 0.193 e. The van der Waals surface area contributed by atoms with E-state index in [1.54, 1.807) is 6.33 Å². The van der Waals surface area contributed by atoms with Crippen molar-refractivity contribution in [2.75, 3.05) is 39.4 Å². The molecule has 3 heterocycles. The van der Waals surface area contributed by atoms with Gasteiger partial charge in [0.1, 0.15) is 12.2 Å². The summed E-state index contributed by atoms with van der Waals surface area (Å²) in [6.45, 7) is 10.6. The Morgan fingerprint density at radius 3 is 3.00 bits per heavy atom. The van der Waals surface area contributed by atoms with Crippen molar-refractivity contribution in [3.63, 3.8) is 0 Å². The van der Waals surface area contributed by atoms with Crippen LogP contribution in [0.3, 0.4) is 0 Å². The lowest BCUT2D eigenvalue weighted by Crippen LogP contribution is -2.41. The van der Waals surface area contributed by atoms with Crippen LogP contribution in [-0.2, 0) is 17.7 Å². The fourth-order valence-corrected chi connectivity index (χ4v) is 3.52. The molecule has 0 amide bonds. The minimum absolute atomic E-state index is 0. The first-order valence-corrected chi connectivity index (χ1v) is 8.74. The van der Waals surface area contributed by atoms with E-state index in [1.165, 1.54) is 12.8 Å². The van der Waals surface area contributed by atoms with Crippen molar-refractivity contribution < 1.29 is 4.74 Å². The van der Waals surface area contributed by atoms with E-state index in [2.05, 4.69) is 38.8 Å². The second-order valence-corrected chi connectivity index (χ2v) is 6.50. The Morgan fingerprint density at radius 2 is 2.29 bits per heavy atom. The first kappa shape index (κ1) is 19.4. The van der Waals surface area contributed by atoms with Crippen LogP contribution in [0.4, 0.5) is 0 Å². The fraction of sp³-hybridized carbons (Fsp3) is 0.812. The van der Waals surface area contributed by atoms with Gasteiger partial charge in [-0.3, -0.25) is 4.99 Å². The van der Waals surface area contributed by atoms with E-state index in [9.17, 15) is 0 Å². The molecule has 0 aromatic carbocycles. The molecule has 136 valence electrons. The van der Waals surface area contributed by atoms with Crippen LogP contribution in [0.25, 0.3) is 0 Å². The second kappa shape index (κ2) is 8.98. The summed E-state index contributed by atoms with van der Waals surface area (Å²) in [6.07, 6.45) is 5.09. The zero-order valence-electron chi connectivity index (χ0n) is 14.7. The first-order chi connectivity index (χ1) is 11.3. The molecule has 8 heteroatoms. The third-order valence-electron chi connectivity index (χ3n) is 4.87. The van der Waals surface area contributed by atoms with Crippen molar-refractivity contribution in [2.45, 2.75) is 39.7 Å². The maximum atomic E-state index is 5.62. The molecule has 0 bridgehead atoms. The summed E-state index contributed by atoms with van der Waals surface area (Å²) in [4.78, 5) is 7.21. The highest BCUT2D eigenvalue weighted by atomic mass is 127. The van der Waals surface area contributed by atoms with Gasteiger partial charge >= 0.3 is 0 Å². The molecule has 0 aliphatic carbocycles. The quantitative estimate of drug-likeness (QED) is 0.421. The molecule has 0 radical (unpaired) electrons. The van der Waals surface area contributed by atoms with E-state index in [-0.39, 0.29) is 24.0 Å². The van der Waals surface area contributed by atoms with E-state index >= 15 is 0 Å². The van der Waals surface area contributed by atoms with Gasteiger partial charge in [-0.2, -0.15) is 0 Å². The Hall–Kier alpha value is -0.900. The molecule has 0 saturated carbocycles. The molecular formula is C16H29IN6O. The molecule has 1 spiro atoms. The Bertz CT molecular complexity index is 540. The molecule has 1 unspecified atom stereocenters. The van der Waals surface area contributed by atoms with Crippen molar-refractivity contribution in [3.05, 3.63) is 12.2 Å². The number of nitrogens with zero attached hydrogens (tertiary/aromatic N) is 5. The van der Waals surface area contributed by atoms with Gasteiger partial charge in [-0.05, 0) is 19.8 Å². The standard InChI is InChI=1S/C16H28N6O.HI/c1-3-14-20-19-13-22(14)9-7-18-15(17-4-2)21-8-5-16(11-21)6-10-23-12-16;/h13H,3-12H2,1-2H3,(H,17,18);1H. The lowest BCUT2D eigenvalue weighted by Gasteiger charge is -2.25. The van der Waals surface area contributed by atoms with Crippen LogP contribution in [0.2, 0.25) is 0 Å². The number of ether oxygens (including phenoxy) is 1.